The van der Waals surface area contributed by atoms with Crippen LogP contribution in [0.5, 0.6) is 23.3 Å². The van der Waals surface area contributed by atoms with Gasteiger partial charge in [0.2, 0.25) is 11.8 Å². The zero-order chi connectivity index (χ0) is 31.6. The van der Waals surface area contributed by atoms with Gasteiger partial charge >= 0.3 is 0 Å². The van der Waals surface area contributed by atoms with Crippen LogP contribution in [0.15, 0.2) is 56.9 Å². The average molecular weight is 605 g/mol. The molecule has 2 heterocycles. The lowest BCUT2D eigenvalue weighted by molar-refractivity contribution is -0.123. The highest BCUT2D eigenvalue weighted by Crippen LogP contribution is 2.42. The quantitative estimate of drug-likeness (QED) is 0.103. The van der Waals surface area contributed by atoms with Crippen LogP contribution in [-0.4, -0.2) is 45.4 Å². The second kappa shape index (κ2) is 15.1. The van der Waals surface area contributed by atoms with Gasteiger partial charge in [-0.25, -0.2) is 0 Å². The molecule has 0 saturated carbocycles. The monoisotopic (exact) mass is 604 g/mol. The number of carbonyl (C=O) groups excluding carboxylic acids is 2. The molecule has 0 radical (unpaired) electrons. The fourth-order valence-electron chi connectivity index (χ4n) is 5.07. The van der Waals surface area contributed by atoms with E-state index >= 15 is 0 Å². The molecule has 12 nitrogen and oxygen atoms in total. The van der Waals surface area contributed by atoms with Crippen molar-refractivity contribution in [3.63, 3.8) is 0 Å². The fraction of sp³-hybridized carbons (Fsp3) is 0.438. The van der Waals surface area contributed by atoms with Crippen LogP contribution < -0.4 is 9.47 Å². The minimum atomic E-state index is -0.650. The highest BCUT2D eigenvalue weighted by atomic mass is 16.5. The van der Waals surface area contributed by atoms with Gasteiger partial charge in [0.25, 0.3) is 11.8 Å². The number of azo groups is 2. The molecule has 12 heteroatoms. The van der Waals surface area contributed by atoms with Crippen molar-refractivity contribution >= 4 is 45.0 Å². The lowest BCUT2D eigenvalue weighted by atomic mass is 10.2. The summed E-state index contributed by atoms with van der Waals surface area (Å²) in [7, 11) is 3.09. The summed E-state index contributed by atoms with van der Waals surface area (Å²) in [5.74, 6) is -0.316. The molecular weight excluding hydrogens is 564 g/mol. The van der Waals surface area contributed by atoms with Crippen LogP contribution in [0.3, 0.4) is 0 Å². The zero-order valence-electron chi connectivity index (χ0n) is 25.7. The molecule has 4 aromatic rings. The Hall–Kier alpha value is -4.74. The van der Waals surface area contributed by atoms with Gasteiger partial charge in [-0.1, -0.05) is 39.5 Å². The van der Waals surface area contributed by atoms with Crippen LogP contribution in [0.25, 0.3) is 21.8 Å². The minimum absolute atomic E-state index is 0.0870. The highest BCUT2D eigenvalue weighted by Gasteiger charge is 2.19. The molecule has 0 aliphatic carbocycles. The number of nitrogens with zero attached hydrogens (tertiary/aromatic N) is 6. The number of carbonyl (C=O) groups is 2. The molecule has 0 saturated heterocycles. The fourth-order valence-corrected chi connectivity index (χ4v) is 5.07. The van der Waals surface area contributed by atoms with E-state index in [0.717, 1.165) is 49.6 Å². The number of fused-ring (bicyclic) bond motifs is 2. The number of aromatic hydroxyl groups is 2. The summed E-state index contributed by atoms with van der Waals surface area (Å²) >= 11 is 0. The van der Waals surface area contributed by atoms with Crippen molar-refractivity contribution in [2.75, 3.05) is 14.2 Å². The maximum absolute atomic E-state index is 12.6. The summed E-state index contributed by atoms with van der Waals surface area (Å²) in [6.45, 7) is 5.38. The van der Waals surface area contributed by atoms with Gasteiger partial charge in [-0.2, -0.15) is 0 Å². The van der Waals surface area contributed by atoms with Crippen LogP contribution in [0, 0.1) is 0 Å². The normalized spacial score (nSPS) is 11.8. The second-order valence-corrected chi connectivity index (χ2v) is 10.5. The number of rotatable bonds is 15. The Morgan fingerprint density at radius 3 is 1.45 bits per heavy atom. The van der Waals surface area contributed by atoms with E-state index in [1.54, 1.807) is 47.6 Å². The largest absolute Gasteiger partial charge is 0.497 e. The van der Waals surface area contributed by atoms with Gasteiger partial charge in [-0.15, -0.1) is 20.5 Å². The third-order valence-corrected chi connectivity index (χ3v) is 7.48. The van der Waals surface area contributed by atoms with E-state index in [4.69, 9.17) is 9.47 Å². The van der Waals surface area contributed by atoms with Crippen molar-refractivity contribution < 1.29 is 29.3 Å². The molecule has 2 amide bonds. The molecule has 0 fully saturated rings. The molecule has 0 spiro atoms. The lowest BCUT2D eigenvalue weighted by Crippen LogP contribution is -1.98. The smallest absolute Gasteiger partial charge is 0.265 e. The predicted molar refractivity (Wildman–Crippen MR) is 168 cm³/mol. The first-order chi connectivity index (χ1) is 21.3. The standard InChI is InChI=1S/C32H40N6O6/c1-5-7-9-17-37-25-13-11-21(43-3)19-23(25)29(31(37)41)35-33-27(39)15-16-28(40)34-36-30-24-20-22(44-4)12-14-26(24)38(32(30)42)18-10-8-6-2/h11-14,19-20,41-42H,5-10,15-18H2,1-4H3. The Kier molecular flexibility index (Phi) is 11.1. The number of ether oxygens (including phenoxy) is 2. The first kappa shape index (κ1) is 32.2. The molecule has 0 unspecified atom stereocenters. The van der Waals surface area contributed by atoms with Gasteiger partial charge in [0.15, 0.2) is 11.4 Å². The number of benzene rings is 2. The van der Waals surface area contributed by atoms with Gasteiger partial charge in [-0.3, -0.25) is 9.59 Å². The Labute approximate surface area is 256 Å². The van der Waals surface area contributed by atoms with Gasteiger partial charge in [0.05, 0.1) is 25.3 Å². The highest BCUT2D eigenvalue weighted by molar-refractivity contribution is 5.97. The molecule has 0 atom stereocenters. The summed E-state index contributed by atoms with van der Waals surface area (Å²) in [6, 6.07) is 10.7. The third kappa shape index (κ3) is 7.24. The first-order valence-corrected chi connectivity index (χ1v) is 15.0. The number of aryl methyl sites for hydroxylation is 2. The van der Waals surface area contributed by atoms with E-state index in [-0.39, 0.29) is 36.0 Å². The molecule has 44 heavy (non-hydrogen) atoms. The molecule has 234 valence electrons. The Bertz CT molecular complexity index is 1560. The van der Waals surface area contributed by atoms with Gasteiger partial charge in [0.1, 0.15) is 11.5 Å². The lowest BCUT2D eigenvalue weighted by Gasteiger charge is -2.06. The van der Waals surface area contributed by atoms with Crippen molar-refractivity contribution in [1.29, 1.82) is 0 Å². The van der Waals surface area contributed by atoms with Crippen LogP contribution in [0.1, 0.15) is 65.2 Å². The first-order valence-electron chi connectivity index (χ1n) is 15.0. The Morgan fingerprint density at radius 1 is 0.682 bits per heavy atom. The van der Waals surface area contributed by atoms with Gasteiger partial charge < -0.3 is 28.8 Å². The van der Waals surface area contributed by atoms with Crippen LogP contribution in [0.2, 0.25) is 0 Å². The number of hydrogen-bond acceptors (Lipinski definition) is 8. The van der Waals surface area contributed by atoms with Crippen molar-refractivity contribution in [2.45, 2.75) is 78.3 Å². The molecule has 4 rings (SSSR count). The second-order valence-electron chi connectivity index (χ2n) is 10.5. The summed E-state index contributed by atoms with van der Waals surface area (Å²) in [4.78, 5) is 25.1. The SMILES string of the molecule is CCCCCn1c(O)c(N=NC(=O)CCC(=O)N=Nc2c(O)n(CCCCC)c3ccc(OC)cc23)c2cc(OC)ccc21. The molecule has 0 aliphatic rings. The van der Waals surface area contributed by atoms with E-state index in [2.05, 4.69) is 34.3 Å². The summed E-state index contributed by atoms with van der Waals surface area (Å²) < 4.78 is 14.1. The molecule has 2 aromatic carbocycles. The molecule has 2 N–H and O–H groups in total. The van der Waals surface area contributed by atoms with E-state index < -0.39 is 11.8 Å². The number of hydrogen-bond donors (Lipinski definition) is 2. The van der Waals surface area contributed by atoms with E-state index in [0.29, 0.717) is 35.4 Å². The molecular formula is C32H40N6O6. The average Bonchev–Trinajstić information content (AvgIpc) is 3.45. The topological polar surface area (TPSA) is 152 Å². The van der Waals surface area contributed by atoms with Gasteiger partial charge in [0, 0.05) is 36.7 Å². The van der Waals surface area contributed by atoms with Crippen molar-refractivity contribution in [2.24, 2.45) is 20.5 Å². The molecule has 2 aromatic heterocycles. The minimum Gasteiger partial charge on any atom is -0.497 e. The van der Waals surface area contributed by atoms with Crippen molar-refractivity contribution in [3.8, 4) is 23.3 Å². The van der Waals surface area contributed by atoms with Crippen LogP contribution in [-0.2, 0) is 22.7 Å². The number of amides is 2. The summed E-state index contributed by atoms with van der Waals surface area (Å²) in [6.07, 6.45) is 5.32. The number of methoxy groups -OCH3 is 2. The number of aromatic nitrogens is 2. The van der Waals surface area contributed by atoms with E-state index in [1.165, 1.54) is 0 Å². The Balaban J connectivity index is 1.47. The van der Waals surface area contributed by atoms with Crippen molar-refractivity contribution in [1.82, 2.24) is 9.13 Å². The maximum Gasteiger partial charge on any atom is 0.265 e. The molecule has 0 aliphatic heterocycles. The zero-order valence-corrected chi connectivity index (χ0v) is 25.7. The van der Waals surface area contributed by atoms with Crippen LogP contribution in [0.4, 0.5) is 11.4 Å². The third-order valence-electron chi connectivity index (χ3n) is 7.48. The van der Waals surface area contributed by atoms with Crippen LogP contribution >= 0.6 is 0 Å². The van der Waals surface area contributed by atoms with Crippen molar-refractivity contribution in [3.05, 3.63) is 36.4 Å². The maximum atomic E-state index is 12.6. The van der Waals surface area contributed by atoms with E-state index in [9.17, 15) is 19.8 Å². The summed E-state index contributed by atoms with van der Waals surface area (Å²) in [5.41, 5.74) is 1.83. The predicted octanol–water partition coefficient (Wildman–Crippen LogP) is 8.11. The Morgan fingerprint density at radius 2 is 1.09 bits per heavy atom. The number of unbranched alkanes of at least 4 members (excludes halogenated alkanes) is 4. The van der Waals surface area contributed by atoms with Gasteiger partial charge in [-0.05, 0) is 49.2 Å². The van der Waals surface area contributed by atoms with E-state index in [1.807, 2.05) is 12.1 Å². The summed E-state index contributed by atoms with van der Waals surface area (Å²) in [5, 5.41) is 38.7. The molecule has 0 bridgehead atoms.